The molecular formula is C6H4Cl6O2. The van der Waals surface area contributed by atoms with E-state index in [4.69, 9.17) is 69.6 Å². The number of carbonyl (C=O) groups is 1. The van der Waals surface area contributed by atoms with E-state index in [0.717, 1.165) is 13.2 Å². The Bertz CT molecular complexity index is 254. The molecule has 0 heterocycles. The normalized spacial score (nSPS) is 14.1. The Morgan fingerprint density at radius 2 is 1.64 bits per heavy atom. The summed E-state index contributed by atoms with van der Waals surface area (Å²) in [5.41, 5.74) is 0. The summed E-state index contributed by atoms with van der Waals surface area (Å²) in [5.74, 6) is -0.962. The molecule has 0 rings (SSSR count). The monoisotopic (exact) mass is 318 g/mol. The third-order valence-corrected chi connectivity index (χ3v) is 2.66. The third-order valence-electron chi connectivity index (χ3n) is 1.03. The van der Waals surface area contributed by atoms with E-state index in [2.05, 4.69) is 4.74 Å². The summed E-state index contributed by atoms with van der Waals surface area (Å²) in [6.45, 7) is 0. The lowest BCUT2D eigenvalue weighted by atomic mass is 10.3. The summed E-state index contributed by atoms with van der Waals surface area (Å²) in [6.07, 6.45) is 0.913. The average molecular weight is 321 g/mol. The van der Waals surface area contributed by atoms with Crippen molar-refractivity contribution in [2.45, 2.75) is 8.13 Å². The van der Waals surface area contributed by atoms with Crippen molar-refractivity contribution in [1.29, 1.82) is 0 Å². The zero-order chi connectivity index (χ0) is 11.6. The van der Waals surface area contributed by atoms with Gasteiger partial charge in [0.1, 0.15) is 0 Å². The van der Waals surface area contributed by atoms with Crippen LogP contribution in [0.1, 0.15) is 0 Å². The number of halogens is 6. The van der Waals surface area contributed by atoms with Crippen LogP contribution in [-0.4, -0.2) is 21.2 Å². The molecule has 0 aromatic heterocycles. The number of methoxy groups -OCH3 is 1. The summed E-state index contributed by atoms with van der Waals surface area (Å²) in [5, 5.41) is -0.340. The molecule has 0 aliphatic carbocycles. The molecule has 0 spiro atoms. The molecule has 14 heavy (non-hydrogen) atoms. The van der Waals surface area contributed by atoms with Gasteiger partial charge in [-0.15, -0.1) is 0 Å². The van der Waals surface area contributed by atoms with Gasteiger partial charge in [0.2, 0.25) is 8.13 Å². The molecule has 0 aliphatic heterocycles. The van der Waals surface area contributed by atoms with Crippen molar-refractivity contribution >= 4 is 75.6 Å². The van der Waals surface area contributed by atoms with Crippen molar-refractivity contribution in [2.75, 3.05) is 7.11 Å². The van der Waals surface area contributed by atoms with E-state index in [1.54, 1.807) is 0 Å². The Morgan fingerprint density at radius 1 is 1.21 bits per heavy atom. The van der Waals surface area contributed by atoms with Crippen molar-refractivity contribution in [2.24, 2.45) is 0 Å². The van der Waals surface area contributed by atoms with Crippen molar-refractivity contribution in [3.8, 4) is 0 Å². The van der Waals surface area contributed by atoms with Crippen LogP contribution < -0.4 is 0 Å². The molecule has 0 aromatic carbocycles. The minimum absolute atomic E-state index is 0.340. The second-order valence-electron chi connectivity index (χ2n) is 2.10. The van der Waals surface area contributed by atoms with E-state index < -0.39 is 14.1 Å². The Labute approximate surface area is 111 Å². The fraction of sp³-hybridized carbons (Fsp3) is 0.500. The smallest absolute Gasteiger partial charge is 0.348 e. The Hall–Kier alpha value is 0.950. The van der Waals surface area contributed by atoms with Crippen LogP contribution in [0.5, 0.6) is 0 Å². The molecule has 0 saturated carbocycles. The molecule has 0 radical (unpaired) electrons. The highest BCUT2D eigenvalue weighted by atomic mass is 35.6. The summed E-state index contributed by atoms with van der Waals surface area (Å²) in [4.78, 5) is 11.0. The van der Waals surface area contributed by atoms with Crippen LogP contribution in [0.25, 0.3) is 0 Å². The highest BCUT2D eigenvalue weighted by Gasteiger charge is 2.40. The predicted molar refractivity (Wildman–Crippen MR) is 60.7 cm³/mol. The van der Waals surface area contributed by atoms with Crippen molar-refractivity contribution in [3.63, 3.8) is 0 Å². The van der Waals surface area contributed by atoms with Crippen molar-refractivity contribution < 1.29 is 9.53 Å². The van der Waals surface area contributed by atoms with Gasteiger partial charge < -0.3 is 4.74 Å². The van der Waals surface area contributed by atoms with Gasteiger partial charge in [-0.05, 0) is 6.08 Å². The summed E-state index contributed by atoms with van der Waals surface area (Å²) in [7, 11) is 1.10. The third kappa shape index (κ3) is 4.65. The topological polar surface area (TPSA) is 26.3 Å². The number of hydrogen-bond acceptors (Lipinski definition) is 2. The predicted octanol–water partition coefficient (Wildman–Crippen LogP) is 3.83. The quantitative estimate of drug-likeness (QED) is 0.571. The highest BCUT2D eigenvalue weighted by Crippen LogP contribution is 2.39. The average Bonchev–Trinajstić information content (AvgIpc) is 1.99. The van der Waals surface area contributed by atoms with Gasteiger partial charge in [0.25, 0.3) is 0 Å². The Balaban J connectivity index is 4.93. The van der Waals surface area contributed by atoms with Crippen LogP contribution in [0.4, 0.5) is 0 Å². The summed E-state index contributed by atoms with van der Waals surface area (Å²) < 4.78 is 0.433. The molecule has 0 bridgehead atoms. The molecule has 0 N–H and O–H groups in total. The second-order valence-corrected chi connectivity index (χ2v) is 6.20. The number of ether oxygens (including phenoxy) is 1. The Morgan fingerprint density at radius 3 is 1.93 bits per heavy atom. The van der Waals surface area contributed by atoms with Crippen LogP contribution in [0.2, 0.25) is 0 Å². The maximum absolute atomic E-state index is 11.0. The fourth-order valence-corrected chi connectivity index (χ4v) is 1.46. The SMILES string of the molecule is COC(=O)C(Cl)(Cl)/C(Cl)=C/C(Cl)(Cl)Cl. The minimum Gasteiger partial charge on any atom is -0.467 e. The Kier molecular flexibility index (Phi) is 5.69. The van der Waals surface area contributed by atoms with Gasteiger partial charge in [0.05, 0.1) is 12.1 Å². The first-order chi connectivity index (χ1) is 6.11. The molecule has 0 aliphatic rings. The lowest BCUT2D eigenvalue weighted by Crippen LogP contribution is -2.28. The maximum atomic E-state index is 11.0. The molecule has 0 amide bonds. The number of rotatable bonds is 2. The maximum Gasteiger partial charge on any atom is 0.348 e. The molecular weight excluding hydrogens is 317 g/mol. The highest BCUT2D eigenvalue weighted by molar-refractivity contribution is 6.70. The van der Waals surface area contributed by atoms with Gasteiger partial charge in [0, 0.05) is 0 Å². The first-order valence-corrected chi connectivity index (χ1v) is 5.30. The number of carbonyl (C=O) groups excluding carboxylic acids is 1. The van der Waals surface area contributed by atoms with Gasteiger partial charge in [-0.1, -0.05) is 69.6 Å². The first kappa shape index (κ1) is 14.9. The van der Waals surface area contributed by atoms with Crippen molar-refractivity contribution in [3.05, 3.63) is 11.1 Å². The van der Waals surface area contributed by atoms with Gasteiger partial charge in [-0.25, -0.2) is 4.79 Å². The number of allylic oxidation sites excluding steroid dienone is 1. The largest absolute Gasteiger partial charge is 0.467 e. The first-order valence-electron chi connectivity index (χ1n) is 3.03. The molecule has 8 heteroatoms. The molecule has 2 nitrogen and oxygen atoms in total. The zero-order valence-corrected chi connectivity index (χ0v) is 11.2. The van der Waals surface area contributed by atoms with Crippen LogP contribution in [0, 0.1) is 0 Å². The lowest BCUT2D eigenvalue weighted by molar-refractivity contribution is -0.140. The summed E-state index contributed by atoms with van der Waals surface area (Å²) in [6, 6.07) is 0. The van der Waals surface area contributed by atoms with Gasteiger partial charge in [-0.2, -0.15) is 0 Å². The number of esters is 1. The molecule has 0 unspecified atom stereocenters. The van der Waals surface area contributed by atoms with E-state index >= 15 is 0 Å². The van der Waals surface area contributed by atoms with E-state index in [9.17, 15) is 4.79 Å². The lowest BCUT2D eigenvalue weighted by Gasteiger charge is -2.17. The van der Waals surface area contributed by atoms with Gasteiger partial charge in [0.15, 0.2) is 0 Å². The fourth-order valence-electron chi connectivity index (χ4n) is 0.460. The van der Waals surface area contributed by atoms with E-state index in [1.165, 1.54) is 0 Å². The van der Waals surface area contributed by atoms with Crippen LogP contribution in [0.3, 0.4) is 0 Å². The zero-order valence-electron chi connectivity index (χ0n) is 6.66. The van der Waals surface area contributed by atoms with Crippen LogP contribution in [0.15, 0.2) is 11.1 Å². The summed E-state index contributed by atoms with van der Waals surface area (Å²) >= 11 is 32.8. The van der Waals surface area contributed by atoms with E-state index in [-0.39, 0.29) is 5.03 Å². The van der Waals surface area contributed by atoms with Crippen LogP contribution in [-0.2, 0) is 9.53 Å². The standard InChI is InChI=1S/C6H4Cl6O2/c1-14-4(13)6(11,12)3(7)2-5(8,9)10/h2H,1H3/b3-2-. The molecule has 82 valence electrons. The van der Waals surface area contributed by atoms with Gasteiger partial charge in [-0.3, -0.25) is 0 Å². The molecule has 0 saturated heterocycles. The molecule has 0 fully saturated rings. The van der Waals surface area contributed by atoms with Gasteiger partial charge >= 0.3 is 5.97 Å². The van der Waals surface area contributed by atoms with E-state index in [0.29, 0.717) is 0 Å². The molecule has 0 aromatic rings. The van der Waals surface area contributed by atoms with Crippen LogP contribution >= 0.6 is 69.6 Å². The van der Waals surface area contributed by atoms with Crippen molar-refractivity contribution in [1.82, 2.24) is 0 Å². The second kappa shape index (κ2) is 5.33. The number of hydrogen-bond donors (Lipinski definition) is 0. The minimum atomic E-state index is -2.07. The number of alkyl halides is 5. The molecule has 0 atom stereocenters. The van der Waals surface area contributed by atoms with E-state index in [1.807, 2.05) is 0 Å².